The number of hydrogen-bond acceptors (Lipinski definition) is 3. The molecule has 0 saturated heterocycles. The molecule has 2 rings (SSSR count). The van der Waals surface area contributed by atoms with E-state index in [-0.39, 0.29) is 36.9 Å². The summed E-state index contributed by atoms with van der Waals surface area (Å²) in [7, 11) is 1.61. The van der Waals surface area contributed by atoms with Gasteiger partial charge in [0.2, 0.25) is 5.91 Å². The first-order chi connectivity index (χ1) is 10.9. The van der Waals surface area contributed by atoms with Crippen molar-refractivity contribution in [2.45, 2.75) is 26.3 Å². The van der Waals surface area contributed by atoms with E-state index in [1.807, 2.05) is 13.0 Å². The molecule has 1 amide bonds. The summed E-state index contributed by atoms with van der Waals surface area (Å²) in [5.41, 5.74) is 0.440. The Labute approximate surface area is 147 Å². The standard InChI is InChI=1S/C17H17BrFNO2S/c1-11-3-7-16(23-11)15(21)6-8-17(22)20(2)10-12-9-13(18)4-5-14(12)19/h3-5,7,9H,6,8,10H2,1-2H3. The van der Waals surface area contributed by atoms with E-state index in [0.717, 1.165) is 9.35 Å². The summed E-state index contributed by atoms with van der Waals surface area (Å²) >= 11 is 4.72. The molecule has 0 atom stereocenters. The van der Waals surface area contributed by atoms with Crippen LogP contribution in [0.1, 0.15) is 33.0 Å². The number of amides is 1. The lowest BCUT2D eigenvalue weighted by Crippen LogP contribution is -2.27. The van der Waals surface area contributed by atoms with Crippen molar-refractivity contribution in [2.24, 2.45) is 0 Å². The summed E-state index contributed by atoms with van der Waals surface area (Å²) in [6.45, 7) is 2.11. The second-order valence-electron chi connectivity index (χ2n) is 5.32. The third-order valence-electron chi connectivity index (χ3n) is 3.42. The summed E-state index contributed by atoms with van der Waals surface area (Å²) < 4.78 is 14.5. The number of nitrogens with zero attached hydrogens (tertiary/aromatic N) is 1. The molecule has 0 aliphatic heterocycles. The van der Waals surface area contributed by atoms with Crippen LogP contribution in [0.4, 0.5) is 4.39 Å². The minimum atomic E-state index is -0.349. The Kier molecular flexibility index (Phi) is 6.07. The Bertz CT molecular complexity index is 729. The summed E-state index contributed by atoms with van der Waals surface area (Å²) in [5, 5.41) is 0. The van der Waals surface area contributed by atoms with Crippen molar-refractivity contribution in [2.75, 3.05) is 7.05 Å². The minimum absolute atomic E-state index is 0.0292. The molecule has 2 aromatic rings. The molecule has 1 aromatic carbocycles. The number of benzene rings is 1. The molecule has 3 nitrogen and oxygen atoms in total. The number of carbonyl (C=O) groups excluding carboxylic acids is 2. The maximum absolute atomic E-state index is 13.7. The molecule has 0 N–H and O–H groups in total. The van der Waals surface area contributed by atoms with Gasteiger partial charge >= 0.3 is 0 Å². The first-order valence-corrected chi connectivity index (χ1v) is 8.75. The van der Waals surface area contributed by atoms with Gasteiger partial charge in [0, 0.05) is 41.3 Å². The second kappa shape index (κ2) is 7.84. The van der Waals surface area contributed by atoms with Crippen LogP contribution in [0.5, 0.6) is 0 Å². The van der Waals surface area contributed by atoms with Crippen molar-refractivity contribution < 1.29 is 14.0 Å². The van der Waals surface area contributed by atoms with E-state index < -0.39 is 0 Å². The lowest BCUT2D eigenvalue weighted by molar-refractivity contribution is -0.130. The first kappa shape index (κ1) is 17.8. The molecule has 1 heterocycles. The Morgan fingerprint density at radius 1 is 1.22 bits per heavy atom. The highest BCUT2D eigenvalue weighted by molar-refractivity contribution is 9.10. The number of carbonyl (C=O) groups is 2. The average molecular weight is 398 g/mol. The summed E-state index contributed by atoms with van der Waals surface area (Å²) in [4.78, 5) is 27.3. The molecule has 0 spiro atoms. The Morgan fingerprint density at radius 3 is 2.61 bits per heavy atom. The highest BCUT2D eigenvalue weighted by Gasteiger charge is 2.15. The van der Waals surface area contributed by atoms with Crippen LogP contribution in [-0.4, -0.2) is 23.6 Å². The van der Waals surface area contributed by atoms with E-state index in [9.17, 15) is 14.0 Å². The molecular formula is C17H17BrFNO2S. The number of aryl methyl sites for hydroxylation is 1. The quantitative estimate of drug-likeness (QED) is 0.668. The van der Waals surface area contributed by atoms with Gasteiger partial charge in [0.05, 0.1) is 4.88 Å². The molecular weight excluding hydrogens is 381 g/mol. The maximum Gasteiger partial charge on any atom is 0.223 e. The van der Waals surface area contributed by atoms with Gasteiger partial charge in [-0.1, -0.05) is 15.9 Å². The third-order valence-corrected chi connectivity index (χ3v) is 4.96. The number of ketones is 1. The van der Waals surface area contributed by atoms with Crippen LogP contribution in [-0.2, 0) is 11.3 Å². The van der Waals surface area contributed by atoms with E-state index >= 15 is 0 Å². The maximum atomic E-state index is 13.7. The lowest BCUT2D eigenvalue weighted by Gasteiger charge is -2.17. The van der Waals surface area contributed by atoms with Gasteiger partial charge in [0.25, 0.3) is 0 Å². The molecule has 0 saturated carbocycles. The second-order valence-corrected chi connectivity index (χ2v) is 7.52. The molecule has 23 heavy (non-hydrogen) atoms. The van der Waals surface area contributed by atoms with E-state index in [2.05, 4.69) is 15.9 Å². The average Bonchev–Trinajstić information content (AvgIpc) is 2.94. The van der Waals surface area contributed by atoms with Gasteiger partial charge in [0.15, 0.2) is 5.78 Å². The van der Waals surface area contributed by atoms with Gasteiger partial charge < -0.3 is 4.90 Å². The van der Waals surface area contributed by atoms with Gasteiger partial charge in [-0.25, -0.2) is 4.39 Å². The molecule has 0 aliphatic carbocycles. The summed E-state index contributed by atoms with van der Waals surface area (Å²) in [6, 6.07) is 8.30. The van der Waals surface area contributed by atoms with Crippen molar-refractivity contribution in [3.05, 3.63) is 55.9 Å². The number of rotatable bonds is 6. The lowest BCUT2D eigenvalue weighted by atomic mass is 10.1. The Hall–Kier alpha value is -1.53. The molecule has 122 valence electrons. The SMILES string of the molecule is Cc1ccc(C(=O)CCC(=O)N(C)Cc2cc(Br)ccc2F)s1. The summed E-state index contributed by atoms with van der Waals surface area (Å²) in [5.74, 6) is -0.553. The number of thiophene rings is 1. The molecule has 0 bridgehead atoms. The minimum Gasteiger partial charge on any atom is -0.341 e. The predicted molar refractivity (Wildman–Crippen MR) is 93.2 cm³/mol. The number of hydrogen-bond donors (Lipinski definition) is 0. The smallest absolute Gasteiger partial charge is 0.223 e. The molecule has 1 aromatic heterocycles. The van der Waals surface area contributed by atoms with Gasteiger partial charge in [-0.05, 0) is 37.3 Å². The molecule has 0 fully saturated rings. The fourth-order valence-corrected chi connectivity index (χ4v) is 3.37. The molecule has 0 unspecified atom stereocenters. The number of Topliss-reactive ketones (excluding diaryl/α,β-unsaturated/α-hetero) is 1. The first-order valence-electron chi connectivity index (χ1n) is 7.14. The zero-order valence-electron chi connectivity index (χ0n) is 12.9. The van der Waals surface area contributed by atoms with Crippen molar-refractivity contribution >= 4 is 39.0 Å². The van der Waals surface area contributed by atoms with Gasteiger partial charge in [-0.2, -0.15) is 0 Å². The highest BCUT2D eigenvalue weighted by atomic mass is 79.9. The van der Waals surface area contributed by atoms with Crippen LogP contribution < -0.4 is 0 Å². The van der Waals surface area contributed by atoms with Crippen LogP contribution in [0.25, 0.3) is 0 Å². The Morgan fingerprint density at radius 2 is 1.96 bits per heavy atom. The summed E-state index contributed by atoms with van der Waals surface area (Å²) in [6.07, 6.45) is 0.298. The highest BCUT2D eigenvalue weighted by Crippen LogP contribution is 2.19. The van der Waals surface area contributed by atoms with Crippen LogP contribution in [0.15, 0.2) is 34.8 Å². The van der Waals surface area contributed by atoms with Crippen LogP contribution in [0.2, 0.25) is 0 Å². The zero-order chi connectivity index (χ0) is 17.0. The van der Waals surface area contributed by atoms with E-state index in [1.165, 1.54) is 22.3 Å². The van der Waals surface area contributed by atoms with Gasteiger partial charge in [0.1, 0.15) is 5.82 Å². The predicted octanol–water partition coefficient (Wildman–Crippen LogP) is 4.58. The molecule has 0 aliphatic rings. The number of halogens is 2. The van der Waals surface area contributed by atoms with E-state index in [4.69, 9.17) is 0 Å². The van der Waals surface area contributed by atoms with Crippen LogP contribution in [0, 0.1) is 12.7 Å². The van der Waals surface area contributed by atoms with Crippen molar-refractivity contribution in [3.8, 4) is 0 Å². The van der Waals surface area contributed by atoms with Crippen LogP contribution in [0.3, 0.4) is 0 Å². The van der Waals surface area contributed by atoms with Crippen molar-refractivity contribution in [3.63, 3.8) is 0 Å². The monoisotopic (exact) mass is 397 g/mol. The molecule has 6 heteroatoms. The Balaban J connectivity index is 1.90. The van der Waals surface area contributed by atoms with E-state index in [1.54, 1.807) is 25.2 Å². The largest absolute Gasteiger partial charge is 0.341 e. The fourth-order valence-electron chi connectivity index (χ4n) is 2.13. The van der Waals surface area contributed by atoms with Crippen LogP contribution >= 0.6 is 27.3 Å². The van der Waals surface area contributed by atoms with Crippen molar-refractivity contribution in [1.29, 1.82) is 0 Å². The molecule has 0 radical (unpaired) electrons. The third kappa shape index (κ3) is 4.97. The zero-order valence-corrected chi connectivity index (χ0v) is 15.3. The fraction of sp³-hybridized carbons (Fsp3) is 0.294. The normalized spacial score (nSPS) is 10.6. The van der Waals surface area contributed by atoms with Gasteiger partial charge in [-0.15, -0.1) is 11.3 Å². The van der Waals surface area contributed by atoms with E-state index in [0.29, 0.717) is 10.4 Å². The van der Waals surface area contributed by atoms with Gasteiger partial charge in [-0.3, -0.25) is 9.59 Å². The van der Waals surface area contributed by atoms with Crippen molar-refractivity contribution in [1.82, 2.24) is 4.90 Å². The topological polar surface area (TPSA) is 37.4 Å².